The summed E-state index contributed by atoms with van der Waals surface area (Å²) in [6.45, 7) is 3.98. The first-order chi connectivity index (χ1) is 10.0. The molecule has 3 heteroatoms. The van der Waals surface area contributed by atoms with E-state index >= 15 is 0 Å². The maximum atomic E-state index is 11.5. The third-order valence-corrected chi connectivity index (χ3v) is 4.05. The molecule has 0 spiro atoms. The van der Waals surface area contributed by atoms with Gasteiger partial charge in [0, 0.05) is 12.0 Å². The van der Waals surface area contributed by atoms with Gasteiger partial charge in [-0.2, -0.15) is 0 Å². The second-order valence-electron chi connectivity index (χ2n) is 5.00. The van der Waals surface area contributed by atoms with Crippen molar-refractivity contribution < 1.29 is 9.53 Å². The Bertz CT molecular complexity index is 570. The lowest BCUT2D eigenvalue weighted by Gasteiger charge is -2.25. The van der Waals surface area contributed by atoms with Gasteiger partial charge in [-0.05, 0) is 25.0 Å². The number of carbonyl (C=O) groups excluding carboxylic acids is 1. The highest BCUT2D eigenvalue weighted by atomic mass is 35.5. The van der Waals surface area contributed by atoms with Crippen LogP contribution in [0.15, 0.2) is 66.3 Å². The Morgan fingerprint density at radius 3 is 2.48 bits per heavy atom. The number of allylic oxidation sites excluding steroid dienone is 5. The smallest absolute Gasteiger partial charge is 0.330 e. The zero-order chi connectivity index (χ0) is 15.3. The highest BCUT2D eigenvalue weighted by Gasteiger charge is 2.27. The van der Waals surface area contributed by atoms with Crippen LogP contribution in [0.1, 0.15) is 25.3 Å². The van der Waals surface area contributed by atoms with Gasteiger partial charge >= 0.3 is 5.97 Å². The standard InChI is InChI=1S/C18H19ClO2/c1-3-21-17(20)13-14(2)18(19)11-9-16(10-12-18)15-7-5-4-6-8-15/h4-13,16H,3H2,1-2H3/b14-13-. The van der Waals surface area contributed by atoms with E-state index in [9.17, 15) is 4.79 Å². The number of carbonyl (C=O) groups is 1. The van der Waals surface area contributed by atoms with Crippen molar-refractivity contribution in [3.8, 4) is 0 Å². The van der Waals surface area contributed by atoms with Gasteiger partial charge in [-0.3, -0.25) is 0 Å². The molecule has 0 amide bonds. The lowest BCUT2D eigenvalue weighted by Crippen LogP contribution is -2.21. The van der Waals surface area contributed by atoms with Gasteiger partial charge in [-0.1, -0.05) is 54.6 Å². The van der Waals surface area contributed by atoms with Crippen molar-refractivity contribution in [1.29, 1.82) is 0 Å². The number of rotatable bonds is 4. The topological polar surface area (TPSA) is 26.3 Å². The monoisotopic (exact) mass is 302 g/mol. The van der Waals surface area contributed by atoms with Crippen molar-refractivity contribution in [3.05, 3.63) is 71.8 Å². The summed E-state index contributed by atoms with van der Waals surface area (Å²) in [4.78, 5) is 10.8. The minimum Gasteiger partial charge on any atom is -0.463 e. The SMILES string of the molecule is CCOC(=O)/C=C(/C)C1(Cl)C=CC(c2ccccc2)C=C1. The summed E-state index contributed by atoms with van der Waals surface area (Å²) >= 11 is 6.57. The quantitative estimate of drug-likeness (QED) is 0.357. The van der Waals surface area contributed by atoms with Gasteiger partial charge < -0.3 is 4.74 Å². The van der Waals surface area contributed by atoms with Crippen molar-refractivity contribution in [3.63, 3.8) is 0 Å². The van der Waals surface area contributed by atoms with Crippen molar-refractivity contribution in [2.75, 3.05) is 6.61 Å². The fourth-order valence-corrected chi connectivity index (χ4v) is 2.44. The van der Waals surface area contributed by atoms with Crippen LogP contribution in [0.25, 0.3) is 0 Å². The molecule has 1 aliphatic carbocycles. The van der Waals surface area contributed by atoms with Crippen LogP contribution in [0.2, 0.25) is 0 Å². The van der Waals surface area contributed by atoms with Gasteiger partial charge in [0.1, 0.15) is 4.87 Å². The average Bonchev–Trinajstić information content (AvgIpc) is 2.49. The first-order valence-electron chi connectivity index (χ1n) is 7.03. The molecule has 0 saturated heterocycles. The van der Waals surface area contributed by atoms with Crippen LogP contribution in [0.5, 0.6) is 0 Å². The Morgan fingerprint density at radius 1 is 1.29 bits per heavy atom. The van der Waals surface area contributed by atoms with Gasteiger partial charge in [-0.25, -0.2) is 4.79 Å². The van der Waals surface area contributed by atoms with Crippen LogP contribution in [0.3, 0.4) is 0 Å². The van der Waals surface area contributed by atoms with Gasteiger partial charge in [0.2, 0.25) is 0 Å². The number of alkyl halides is 1. The Labute approximate surface area is 130 Å². The Morgan fingerprint density at radius 2 is 1.90 bits per heavy atom. The maximum Gasteiger partial charge on any atom is 0.330 e. The molecular formula is C18H19ClO2. The van der Waals surface area contributed by atoms with E-state index < -0.39 is 4.87 Å². The summed E-state index contributed by atoms with van der Waals surface area (Å²) in [5.74, 6) is -0.143. The molecule has 0 N–H and O–H groups in total. The number of hydrogen-bond donors (Lipinski definition) is 0. The Kier molecular flexibility index (Phi) is 5.03. The molecule has 2 rings (SSSR count). The van der Waals surface area contributed by atoms with E-state index in [1.165, 1.54) is 11.6 Å². The molecule has 0 fully saturated rings. The molecule has 0 radical (unpaired) electrons. The van der Waals surface area contributed by atoms with Gasteiger partial charge in [-0.15, -0.1) is 11.6 Å². The lowest BCUT2D eigenvalue weighted by atomic mass is 9.87. The first-order valence-corrected chi connectivity index (χ1v) is 7.41. The van der Waals surface area contributed by atoms with Crippen molar-refractivity contribution >= 4 is 17.6 Å². The van der Waals surface area contributed by atoms with Crippen molar-refractivity contribution in [1.82, 2.24) is 0 Å². The normalized spacial score (nSPS) is 24.9. The molecule has 0 saturated carbocycles. The summed E-state index contributed by atoms with van der Waals surface area (Å²) in [6, 6.07) is 10.2. The third kappa shape index (κ3) is 3.85. The summed E-state index contributed by atoms with van der Waals surface area (Å²) in [6.07, 6.45) is 9.43. The second-order valence-corrected chi connectivity index (χ2v) is 5.63. The molecular weight excluding hydrogens is 284 g/mol. The minimum absolute atomic E-state index is 0.216. The summed E-state index contributed by atoms with van der Waals surface area (Å²) in [5, 5.41) is 0. The van der Waals surface area contributed by atoms with Crippen LogP contribution in [0, 0.1) is 0 Å². The van der Waals surface area contributed by atoms with E-state index in [0.29, 0.717) is 6.61 Å². The lowest BCUT2D eigenvalue weighted by molar-refractivity contribution is -0.137. The van der Waals surface area contributed by atoms with Crippen LogP contribution in [-0.2, 0) is 9.53 Å². The molecule has 1 aromatic rings. The van der Waals surface area contributed by atoms with Crippen LogP contribution < -0.4 is 0 Å². The van der Waals surface area contributed by atoms with E-state index in [-0.39, 0.29) is 11.9 Å². The summed E-state index contributed by atoms with van der Waals surface area (Å²) in [5.41, 5.74) is 1.97. The Balaban J connectivity index is 2.14. The van der Waals surface area contributed by atoms with Gasteiger partial charge in [0.15, 0.2) is 0 Å². The van der Waals surface area contributed by atoms with E-state index in [4.69, 9.17) is 16.3 Å². The minimum atomic E-state index is -0.752. The highest BCUT2D eigenvalue weighted by molar-refractivity contribution is 6.29. The van der Waals surface area contributed by atoms with Gasteiger partial charge in [0.25, 0.3) is 0 Å². The van der Waals surface area contributed by atoms with Crippen LogP contribution >= 0.6 is 11.6 Å². The van der Waals surface area contributed by atoms with Crippen molar-refractivity contribution in [2.24, 2.45) is 0 Å². The first kappa shape index (κ1) is 15.6. The molecule has 21 heavy (non-hydrogen) atoms. The largest absolute Gasteiger partial charge is 0.463 e. The van der Waals surface area contributed by atoms with E-state index in [1.54, 1.807) is 6.92 Å². The third-order valence-electron chi connectivity index (χ3n) is 3.50. The van der Waals surface area contributed by atoms with E-state index in [2.05, 4.69) is 24.3 Å². The molecule has 1 aromatic carbocycles. The molecule has 0 bridgehead atoms. The fraction of sp³-hybridized carbons (Fsp3) is 0.278. The summed E-state index contributed by atoms with van der Waals surface area (Å²) in [7, 11) is 0. The number of ether oxygens (including phenoxy) is 1. The second kappa shape index (κ2) is 6.77. The van der Waals surface area contributed by atoms with E-state index in [0.717, 1.165) is 5.57 Å². The molecule has 0 atom stereocenters. The molecule has 0 aromatic heterocycles. The average molecular weight is 303 g/mol. The van der Waals surface area contributed by atoms with Crippen LogP contribution in [0.4, 0.5) is 0 Å². The zero-order valence-corrected chi connectivity index (χ0v) is 13.0. The predicted octanol–water partition coefficient (Wildman–Crippen LogP) is 4.38. The maximum absolute atomic E-state index is 11.5. The molecule has 0 aliphatic heterocycles. The predicted molar refractivity (Wildman–Crippen MR) is 86.4 cm³/mol. The number of esters is 1. The highest BCUT2D eigenvalue weighted by Crippen LogP contribution is 2.35. The number of hydrogen-bond acceptors (Lipinski definition) is 2. The fourth-order valence-electron chi connectivity index (χ4n) is 2.24. The number of halogens is 1. The number of benzene rings is 1. The molecule has 1 aliphatic rings. The zero-order valence-electron chi connectivity index (χ0n) is 12.3. The van der Waals surface area contributed by atoms with E-state index in [1.807, 2.05) is 37.3 Å². The summed E-state index contributed by atoms with van der Waals surface area (Å²) < 4.78 is 4.92. The molecule has 2 nitrogen and oxygen atoms in total. The molecule has 0 heterocycles. The Hall–Kier alpha value is -1.80. The van der Waals surface area contributed by atoms with Gasteiger partial charge in [0.05, 0.1) is 6.61 Å². The molecule has 0 unspecified atom stereocenters. The van der Waals surface area contributed by atoms with Crippen LogP contribution in [-0.4, -0.2) is 17.5 Å². The van der Waals surface area contributed by atoms with Crippen molar-refractivity contribution in [2.45, 2.75) is 24.6 Å². The molecule has 110 valence electrons.